The van der Waals surface area contributed by atoms with Gasteiger partial charge >= 0.3 is 0 Å². The average molecular weight is 335 g/mol. The van der Waals surface area contributed by atoms with Gasteiger partial charge in [0.2, 0.25) is 11.0 Å². The highest BCUT2D eigenvalue weighted by atomic mass is 32.2. The number of rotatable bonds is 6. The van der Waals surface area contributed by atoms with Crippen molar-refractivity contribution in [2.24, 2.45) is 0 Å². The van der Waals surface area contributed by atoms with E-state index in [1.807, 2.05) is 26.8 Å². The third kappa shape index (κ3) is 3.56. The third-order valence-electron chi connectivity index (χ3n) is 3.04. The van der Waals surface area contributed by atoms with Crippen LogP contribution in [0.4, 0.5) is 0 Å². The molecule has 0 aliphatic rings. The van der Waals surface area contributed by atoms with Crippen LogP contribution in [0.1, 0.15) is 54.4 Å². The second kappa shape index (κ2) is 6.62. The van der Waals surface area contributed by atoms with E-state index in [2.05, 4.69) is 36.8 Å². The molecule has 3 heterocycles. The van der Waals surface area contributed by atoms with Crippen molar-refractivity contribution in [1.29, 1.82) is 0 Å². The number of thiophene rings is 1. The van der Waals surface area contributed by atoms with E-state index in [4.69, 9.17) is 4.52 Å². The predicted molar refractivity (Wildman–Crippen MR) is 86.2 cm³/mol. The summed E-state index contributed by atoms with van der Waals surface area (Å²) in [6, 6.07) is 4.13. The van der Waals surface area contributed by atoms with Crippen LogP contribution in [-0.2, 0) is 6.42 Å². The molecule has 3 aromatic rings. The zero-order valence-electron chi connectivity index (χ0n) is 12.6. The van der Waals surface area contributed by atoms with Crippen LogP contribution in [-0.4, -0.2) is 25.3 Å². The molecule has 8 heteroatoms. The van der Waals surface area contributed by atoms with E-state index in [0.717, 1.165) is 18.1 Å². The number of nitrogens with one attached hydrogen (secondary N) is 1. The van der Waals surface area contributed by atoms with Crippen LogP contribution < -0.4 is 0 Å². The predicted octanol–water partition coefficient (Wildman–Crippen LogP) is 3.82. The lowest BCUT2D eigenvalue weighted by molar-refractivity contribution is 0.373. The first-order valence-electron chi connectivity index (χ1n) is 7.05. The Morgan fingerprint density at radius 3 is 2.86 bits per heavy atom. The zero-order chi connectivity index (χ0) is 15.5. The van der Waals surface area contributed by atoms with E-state index in [1.165, 1.54) is 16.6 Å². The average Bonchev–Trinajstić information content (AvgIpc) is 3.19. The zero-order valence-corrected chi connectivity index (χ0v) is 14.2. The van der Waals surface area contributed by atoms with Crippen LogP contribution in [0.15, 0.2) is 27.2 Å². The molecule has 22 heavy (non-hydrogen) atoms. The summed E-state index contributed by atoms with van der Waals surface area (Å²) < 4.78 is 5.31. The second-order valence-electron chi connectivity index (χ2n) is 5.23. The van der Waals surface area contributed by atoms with E-state index in [1.54, 1.807) is 11.3 Å². The molecule has 3 aromatic heterocycles. The molecule has 6 nitrogen and oxygen atoms in total. The lowest BCUT2D eigenvalue weighted by atomic mass is 10.2. The van der Waals surface area contributed by atoms with Crippen molar-refractivity contribution in [2.75, 3.05) is 0 Å². The van der Waals surface area contributed by atoms with Gasteiger partial charge in [-0.05, 0) is 18.4 Å². The number of H-pyrrole nitrogens is 1. The fourth-order valence-electron chi connectivity index (χ4n) is 1.84. The van der Waals surface area contributed by atoms with Crippen molar-refractivity contribution in [3.63, 3.8) is 0 Å². The Balaban J connectivity index is 1.63. The van der Waals surface area contributed by atoms with Crippen molar-refractivity contribution in [3.8, 4) is 0 Å². The summed E-state index contributed by atoms with van der Waals surface area (Å²) in [5.74, 6) is 2.47. The van der Waals surface area contributed by atoms with E-state index in [9.17, 15) is 0 Å². The normalized spacial score (nSPS) is 12.9. The van der Waals surface area contributed by atoms with Crippen molar-refractivity contribution < 1.29 is 4.52 Å². The minimum Gasteiger partial charge on any atom is -0.338 e. The second-order valence-corrected chi connectivity index (χ2v) is 7.57. The first-order valence-corrected chi connectivity index (χ1v) is 8.81. The monoisotopic (exact) mass is 335 g/mol. The Morgan fingerprint density at radius 1 is 1.32 bits per heavy atom. The van der Waals surface area contributed by atoms with E-state index < -0.39 is 0 Å². The third-order valence-corrected chi connectivity index (χ3v) is 4.86. The minimum atomic E-state index is 0.0189. The molecule has 0 aromatic carbocycles. The number of hydrogen-bond donors (Lipinski definition) is 1. The van der Waals surface area contributed by atoms with Crippen LogP contribution in [0.25, 0.3) is 0 Å². The number of nitrogens with zero attached hydrogens (tertiary/aromatic N) is 4. The summed E-state index contributed by atoms with van der Waals surface area (Å²) in [5, 5.41) is 14.0. The molecular weight excluding hydrogens is 318 g/mol. The Labute approximate surface area is 136 Å². The maximum absolute atomic E-state index is 5.31. The minimum absolute atomic E-state index is 0.0189. The molecule has 1 atom stereocenters. The standard InChI is InChI=1S/C14H17N5OS2/c1-8(2)12-16-13(20-19-12)9(3)22-14-15-11(17-18-14)7-10-5-4-6-21-10/h4-6,8-9H,7H2,1-3H3,(H,15,17,18). The fourth-order valence-corrected chi connectivity index (χ4v) is 3.33. The summed E-state index contributed by atoms with van der Waals surface area (Å²) in [5.41, 5.74) is 0. The van der Waals surface area contributed by atoms with Gasteiger partial charge in [0.05, 0.1) is 5.25 Å². The largest absolute Gasteiger partial charge is 0.338 e. The van der Waals surface area contributed by atoms with E-state index >= 15 is 0 Å². The Morgan fingerprint density at radius 2 is 2.18 bits per heavy atom. The molecule has 0 aliphatic heterocycles. The Hall–Kier alpha value is -1.67. The van der Waals surface area contributed by atoms with Gasteiger partial charge in [0.25, 0.3) is 0 Å². The molecule has 1 N–H and O–H groups in total. The first-order chi connectivity index (χ1) is 10.6. The van der Waals surface area contributed by atoms with Gasteiger partial charge in [-0.2, -0.15) is 4.98 Å². The summed E-state index contributed by atoms with van der Waals surface area (Å²) in [6.45, 7) is 6.09. The van der Waals surface area contributed by atoms with Gasteiger partial charge in [0, 0.05) is 17.2 Å². The number of thioether (sulfide) groups is 1. The molecule has 0 radical (unpaired) electrons. The van der Waals surface area contributed by atoms with Crippen LogP contribution in [0.5, 0.6) is 0 Å². The van der Waals surface area contributed by atoms with Crippen molar-refractivity contribution in [3.05, 3.63) is 39.9 Å². The summed E-state index contributed by atoms with van der Waals surface area (Å²) >= 11 is 3.22. The van der Waals surface area contributed by atoms with Crippen molar-refractivity contribution in [2.45, 2.75) is 43.5 Å². The highest BCUT2D eigenvalue weighted by molar-refractivity contribution is 7.99. The number of hydrogen-bond acceptors (Lipinski definition) is 7. The Bertz CT molecular complexity index is 719. The smallest absolute Gasteiger partial charge is 0.239 e. The van der Waals surface area contributed by atoms with E-state index in [-0.39, 0.29) is 11.2 Å². The topological polar surface area (TPSA) is 80.5 Å². The highest BCUT2D eigenvalue weighted by Crippen LogP contribution is 2.32. The molecule has 0 spiro atoms. The van der Waals surface area contributed by atoms with Gasteiger partial charge < -0.3 is 4.52 Å². The SMILES string of the molecule is CC(C)c1noc(C(C)Sc2n[nH]c(Cc3cccs3)n2)n1. The molecule has 1 unspecified atom stereocenters. The van der Waals surface area contributed by atoms with Gasteiger partial charge in [-0.3, -0.25) is 5.10 Å². The van der Waals surface area contributed by atoms with Crippen LogP contribution in [0.3, 0.4) is 0 Å². The molecule has 0 saturated heterocycles. The first kappa shape index (κ1) is 15.2. The molecule has 116 valence electrons. The maximum Gasteiger partial charge on any atom is 0.239 e. The van der Waals surface area contributed by atoms with Gasteiger partial charge in [-0.15, -0.1) is 16.4 Å². The molecule has 0 fully saturated rings. The van der Waals surface area contributed by atoms with E-state index in [0.29, 0.717) is 11.0 Å². The fraction of sp³-hybridized carbons (Fsp3) is 0.429. The van der Waals surface area contributed by atoms with Crippen molar-refractivity contribution >= 4 is 23.1 Å². The van der Waals surface area contributed by atoms with Gasteiger partial charge in [-0.25, -0.2) is 4.98 Å². The summed E-state index contributed by atoms with van der Waals surface area (Å²) in [7, 11) is 0. The maximum atomic E-state index is 5.31. The highest BCUT2D eigenvalue weighted by Gasteiger charge is 2.19. The number of aromatic nitrogens is 5. The van der Waals surface area contributed by atoms with Crippen LogP contribution in [0.2, 0.25) is 0 Å². The molecule has 0 saturated carbocycles. The quantitative estimate of drug-likeness (QED) is 0.690. The van der Waals surface area contributed by atoms with Gasteiger partial charge in [0.1, 0.15) is 5.82 Å². The van der Waals surface area contributed by atoms with Gasteiger partial charge in [0.15, 0.2) is 5.82 Å². The molecular formula is C14H17N5OS2. The molecule has 3 rings (SSSR count). The molecule has 0 amide bonds. The number of aromatic amines is 1. The van der Waals surface area contributed by atoms with Crippen LogP contribution in [0, 0.1) is 0 Å². The molecule has 0 bridgehead atoms. The molecule has 0 aliphatic carbocycles. The van der Waals surface area contributed by atoms with Gasteiger partial charge in [-0.1, -0.05) is 36.8 Å². The lowest BCUT2D eigenvalue weighted by Gasteiger charge is -2.01. The Kier molecular flexibility index (Phi) is 4.58. The summed E-state index contributed by atoms with van der Waals surface area (Å²) in [4.78, 5) is 10.2. The lowest BCUT2D eigenvalue weighted by Crippen LogP contribution is -1.93. The van der Waals surface area contributed by atoms with Crippen molar-refractivity contribution in [1.82, 2.24) is 25.3 Å². The van der Waals surface area contributed by atoms with Crippen LogP contribution >= 0.6 is 23.1 Å². The summed E-state index contributed by atoms with van der Waals surface area (Å²) in [6.07, 6.45) is 0.775.